The molecule has 1 heterocycles. The summed E-state index contributed by atoms with van der Waals surface area (Å²) in [4.78, 5) is 16.6. The summed E-state index contributed by atoms with van der Waals surface area (Å²) < 4.78 is 5.54. The molecule has 1 N–H and O–H groups in total. The summed E-state index contributed by atoms with van der Waals surface area (Å²) in [5, 5.41) is 3.24. The van der Waals surface area contributed by atoms with E-state index in [0.29, 0.717) is 18.0 Å². The van der Waals surface area contributed by atoms with E-state index in [9.17, 15) is 4.79 Å². The molecule has 0 bridgehead atoms. The third-order valence-corrected chi connectivity index (χ3v) is 4.05. The Balaban J connectivity index is 2.76. The van der Waals surface area contributed by atoms with E-state index in [0.717, 1.165) is 26.1 Å². The van der Waals surface area contributed by atoms with Crippen LogP contribution in [0.5, 0.6) is 0 Å². The number of carbonyl (C=O) groups excluding carboxylic acids is 1. The van der Waals surface area contributed by atoms with Gasteiger partial charge in [-0.1, -0.05) is 0 Å². The number of amides is 1. The fraction of sp³-hybridized carbons (Fsp3) is 0.938. The molecule has 1 aliphatic rings. The van der Waals surface area contributed by atoms with E-state index in [1.807, 2.05) is 32.7 Å². The first kappa shape index (κ1) is 18.2. The highest BCUT2D eigenvalue weighted by atomic mass is 16.6. The monoisotopic (exact) mass is 299 g/mol. The second kappa shape index (κ2) is 7.45. The summed E-state index contributed by atoms with van der Waals surface area (Å²) >= 11 is 0. The molecule has 5 nitrogen and oxygen atoms in total. The summed E-state index contributed by atoms with van der Waals surface area (Å²) in [5.41, 5.74) is -0.438. The van der Waals surface area contributed by atoms with Crippen molar-refractivity contribution < 1.29 is 9.53 Å². The van der Waals surface area contributed by atoms with Crippen LogP contribution in [0.25, 0.3) is 0 Å². The van der Waals surface area contributed by atoms with Gasteiger partial charge in [0.25, 0.3) is 0 Å². The minimum absolute atomic E-state index is 0.189. The summed E-state index contributed by atoms with van der Waals surface area (Å²) in [6.07, 6.45) is 0.930. The van der Waals surface area contributed by atoms with Gasteiger partial charge in [-0.15, -0.1) is 0 Å². The minimum atomic E-state index is -0.438. The van der Waals surface area contributed by atoms with E-state index in [1.54, 1.807) is 0 Å². The summed E-state index contributed by atoms with van der Waals surface area (Å²) in [7, 11) is 4.11. The number of carbonyl (C=O) groups is 1. The van der Waals surface area contributed by atoms with E-state index in [-0.39, 0.29) is 6.09 Å². The number of hydrogen-bond donors (Lipinski definition) is 1. The van der Waals surface area contributed by atoms with Gasteiger partial charge in [0.1, 0.15) is 5.60 Å². The van der Waals surface area contributed by atoms with E-state index in [2.05, 4.69) is 31.1 Å². The molecular weight excluding hydrogens is 266 g/mol. The van der Waals surface area contributed by atoms with Gasteiger partial charge in [0.2, 0.25) is 0 Å². The molecule has 0 aromatic rings. The Kier molecular flexibility index (Phi) is 6.47. The first-order chi connectivity index (χ1) is 9.64. The average Bonchev–Trinajstić information content (AvgIpc) is 2.35. The fourth-order valence-corrected chi connectivity index (χ4v) is 2.80. The number of likely N-dealkylation sites (tertiary alicyclic amines) is 1. The van der Waals surface area contributed by atoms with Crippen LogP contribution in [0.3, 0.4) is 0 Å². The lowest BCUT2D eigenvalue weighted by Crippen LogP contribution is -2.55. The molecule has 1 saturated heterocycles. The van der Waals surface area contributed by atoms with Gasteiger partial charge in [-0.05, 0) is 67.6 Å². The zero-order chi connectivity index (χ0) is 16.2. The van der Waals surface area contributed by atoms with E-state index >= 15 is 0 Å². The molecule has 1 rings (SSSR count). The molecular formula is C16H33N3O2. The molecule has 0 aliphatic carbocycles. The zero-order valence-electron chi connectivity index (χ0n) is 14.8. The van der Waals surface area contributed by atoms with Crippen LogP contribution >= 0.6 is 0 Å². The highest BCUT2D eigenvalue weighted by molar-refractivity contribution is 5.68. The Morgan fingerprint density at radius 1 is 1.38 bits per heavy atom. The van der Waals surface area contributed by atoms with Crippen molar-refractivity contribution in [1.29, 1.82) is 0 Å². The van der Waals surface area contributed by atoms with Gasteiger partial charge >= 0.3 is 6.09 Å². The van der Waals surface area contributed by atoms with Crippen molar-refractivity contribution in [3.63, 3.8) is 0 Å². The molecule has 124 valence electrons. The topological polar surface area (TPSA) is 44.8 Å². The normalized spacial score (nSPS) is 23.8. The first-order valence-corrected chi connectivity index (χ1v) is 7.98. The first-order valence-electron chi connectivity index (χ1n) is 7.98. The second-order valence-electron chi connectivity index (χ2n) is 7.46. The Morgan fingerprint density at radius 2 is 2.00 bits per heavy atom. The van der Waals surface area contributed by atoms with Crippen LogP contribution in [-0.2, 0) is 4.74 Å². The van der Waals surface area contributed by atoms with Crippen molar-refractivity contribution >= 4 is 6.09 Å². The summed E-state index contributed by atoms with van der Waals surface area (Å²) in [5.74, 6) is 0.475. The molecule has 2 atom stereocenters. The second-order valence-corrected chi connectivity index (χ2v) is 7.46. The maximum Gasteiger partial charge on any atom is 0.410 e. The minimum Gasteiger partial charge on any atom is -0.444 e. The Hall–Kier alpha value is -0.810. The van der Waals surface area contributed by atoms with Gasteiger partial charge < -0.3 is 15.0 Å². The Bertz CT molecular complexity index is 339. The van der Waals surface area contributed by atoms with Crippen LogP contribution in [0, 0.1) is 5.92 Å². The maximum atomic E-state index is 12.4. The van der Waals surface area contributed by atoms with E-state index in [1.165, 1.54) is 0 Å². The lowest BCUT2D eigenvalue weighted by Gasteiger charge is -2.43. The number of hydrogen-bond acceptors (Lipinski definition) is 4. The van der Waals surface area contributed by atoms with Crippen LogP contribution in [-0.4, -0.2) is 67.3 Å². The van der Waals surface area contributed by atoms with Crippen molar-refractivity contribution in [3.05, 3.63) is 0 Å². The van der Waals surface area contributed by atoms with Crippen molar-refractivity contribution in [2.24, 2.45) is 5.92 Å². The molecule has 0 unspecified atom stereocenters. The molecule has 1 fully saturated rings. The fourth-order valence-electron chi connectivity index (χ4n) is 2.80. The van der Waals surface area contributed by atoms with Crippen LogP contribution in [0.2, 0.25) is 0 Å². The average molecular weight is 299 g/mol. The number of piperidine rings is 1. The van der Waals surface area contributed by atoms with Gasteiger partial charge in [0, 0.05) is 25.2 Å². The van der Waals surface area contributed by atoms with E-state index in [4.69, 9.17) is 4.74 Å². The smallest absolute Gasteiger partial charge is 0.410 e. The number of nitrogens with one attached hydrogen (secondary N) is 1. The summed E-state index contributed by atoms with van der Waals surface area (Å²) in [6.45, 7) is 12.6. The van der Waals surface area contributed by atoms with E-state index < -0.39 is 5.60 Å². The largest absolute Gasteiger partial charge is 0.444 e. The maximum absolute atomic E-state index is 12.4. The highest BCUT2D eigenvalue weighted by Crippen LogP contribution is 2.23. The van der Waals surface area contributed by atoms with Crippen LogP contribution < -0.4 is 5.32 Å². The van der Waals surface area contributed by atoms with Crippen molar-refractivity contribution in [2.75, 3.05) is 33.7 Å². The molecule has 21 heavy (non-hydrogen) atoms. The quantitative estimate of drug-likeness (QED) is 0.864. The molecule has 1 aliphatic heterocycles. The standard InChI is InChI=1S/C16H33N3O2/c1-12(2)18(7)14-8-13(9-17-6)10-19(11-14)15(20)21-16(3,4)5/h12-14,17H,8-11H2,1-7H3/t13-,14-/m1/s1. The van der Waals surface area contributed by atoms with Crippen LogP contribution in [0.1, 0.15) is 41.0 Å². The van der Waals surface area contributed by atoms with Gasteiger partial charge in [0.05, 0.1) is 0 Å². The predicted octanol–water partition coefficient (Wildman–Crippen LogP) is 2.17. The molecule has 0 radical (unpaired) electrons. The number of likely N-dealkylation sites (N-methyl/N-ethyl adjacent to an activating group) is 1. The summed E-state index contributed by atoms with van der Waals surface area (Å²) in [6, 6.07) is 0.869. The Labute approximate surface area is 130 Å². The van der Waals surface area contributed by atoms with Gasteiger partial charge in [0.15, 0.2) is 0 Å². The third kappa shape index (κ3) is 5.83. The lowest BCUT2D eigenvalue weighted by molar-refractivity contribution is 0.00160. The SMILES string of the molecule is CNC[C@H]1C[C@@H](N(C)C(C)C)CN(C(=O)OC(C)(C)C)C1. The Morgan fingerprint density at radius 3 is 2.48 bits per heavy atom. The van der Waals surface area contributed by atoms with Gasteiger partial charge in [-0.2, -0.15) is 0 Å². The van der Waals surface area contributed by atoms with Crippen LogP contribution in [0.15, 0.2) is 0 Å². The van der Waals surface area contributed by atoms with Crippen molar-refractivity contribution in [2.45, 2.75) is 58.7 Å². The third-order valence-electron chi connectivity index (χ3n) is 4.05. The zero-order valence-corrected chi connectivity index (χ0v) is 14.8. The van der Waals surface area contributed by atoms with Crippen molar-refractivity contribution in [1.82, 2.24) is 15.1 Å². The number of ether oxygens (including phenoxy) is 1. The lowest BCUT2D eigenvalue weighted by atomic mass is 9.93. The molecule has 0 spiro atoms. The molecule has 0 aromatic carbocycles. The molecule has 0 aromatic heterocycles. The van der Waals surface area contributed by atoms with Crippen LogP contribution in [0.4, 0.5) is 4.79 Å². The van der Waals surface area contributed by atoms with Gasteiger partial charge in [-0.25, -0.2) is 4.79 Å². The highest BCUT2D eigenvalue weighted by Gasteiger charge is 2.34. The molecule has 0 saturated carbocycles. The predicted molar refractivity (Wildman–Crippen MR) is 86.5 cm³/mol. The van der Waals surface area contributed by atoms with Crippen molar-refractivity contribution in [3.8, 4) is 0 Å². The number of rotatable bonds is 4. The number of nitrogens with zero attached hydrogens (tertiary/aromatic N) is 2. The van der Waals surface area contributed by atoms with Gasteiger partial charge in [-0.3, -0.25) is 4.90 Å². The molecule has 5 heteroatoms. The molecule has 1 amide bonds.